The molecule has 0 aliphatic heterocycles. The lowest BCUT2D eigenvalue weighted by Crippen LogP contribution is -2.29. The lowest BCUT2D eigenvalue weighted by Gasteiger charge is -2.26. The van der Waals surface area contributed by atoms with Gasteiger partial charge in [-0.2, -0.15) is 4.98 Å². The first-order chi connectivity index (χ1) is 14.5. The number of aliphatic hydroxyl groups excluding tert-OH is 1. The van der Waals surface area contributed by atoms with Gasteiger partial charge >= 0.3 is 0 Å². The summed E-state index contributed by atoms with van der Waals surface area (Å²) < 4.78 is 0. The number of pyridine rings is 1. The maximum Gasteiger partial charge on any atom is 0.225 e. The van der Waals surface area contributed by atoms with Gasteiger partial charge in [-0.1, -0.05) is 25.2 Å². The van der Waals surface area contributed by atoms with Crippen molar-refractivity contribution in [2.24, 2.45) is 5.92 Å². The van der Waals surface area contributed by atoms with Crippen LogP contribution in [-0.2, 0) is 6.54 Å². The van der Waals surface area contributed by atoms with Crippen LogP contribution < -0.4 is 16.0 Å². The molecule has 3 heterocycles. The van der Waals surface area contributed by atoms with E-state index >= 15 is 0 Å². The molecule has 3 aromatic rings. The fourth-order valence-electron chi connectivity index (χ4n) is 3.54. The highest BCUT2D eigenvalue weighted by Gasteiger charge is 2.20. The van der Waals surface area contributed by atoms with Gasteiger partial charge in [-0.25, -0.2) is 15.0 Å². The monoisotopic (exact) mass is 427 g/mol. The van der Waals surface area contributed by atoms with Crippen LogP contribution in [0.3, 0.4) is 0 Å². The quantitative estimate of drug-likeness (QED) is 0.431. The molecule has 0 radical (unpaired) electrons. The molecule has 9 heteroatoms. The van der Waals surface area contributed by atoms with Crippen LogP contribution in [0.5, 0.6) is 0 Å². The van der Waals surface area contributed by atoms with Crippen molar-refractivity contribution in [2.75, 3.05) is 17.2 Å². The third-order valence-electron chi connectivity index (χ3n) is 5.07. The normalized spacial score (nSPS) is 19.3. The summed E-state index contributed by atoms with van der Waals surface area (Å²) in [6.07, 6.45) is 5.07. The zero-order valence-electron chi connectivity index (χ0n) is 17.4. The van der Waals surface area contributed by atoms with Gasteiger partial charge in [-0.05, 0) is 50.3 Å². The second-order valence-electron chi connectivity index (χ2n) is 8.21. The minimum Gasteiger partial charge on any atom is -0.393 e. The summed E-state index contributed by atoms with van der Waals surface area (Å²) in [5.41, 5.74) is 1.79. The molecule has 160 valence electrons. The highest BCUT2D eigenvalue weighted by molar-refractivity contribution is 7.21. The Labute approximate surface area is 180 Å². The molecule has 1 aliphatic rings. The Bertz CT molecular complexity index is 936. The largest absolute Gasteiger partial charge is 0.393 e. The average molecular weight is 428 g/mol. The summed E-state index contributed by atoms with van der Waals surface area (Å²) in [7, 11) is 0. The van der Waals surface area contributed by atoms with Gasteiger partial charge in [-0.15, -0.1) is 0 Å². The van der Waals surface area contributed by atoms with E-state index in [2.05, 4.69) is 44.7 Å². The highest BCUT2D eigenvalue weighted by atomic mass is 32.1. The van der Waals surface area contributed by atoms with Crippen LogP contribution >= 0.6 is 11.3 Å². The van der Waals surface area contributed by atoms with E-state index in [4.69, 9.17) is 4.98 Å². The molecule has 0 amide bonds. The number of aromatic nitrogens is 4. The number of hydrogen-bond donors (Lipinski definition) is 4. The number of nitrogens with zero attached hydrogens (tertiary/aromatic N) is 4. The molecule has 3 aromatic heterocycles. The molecular formula is C21H29N7OS. The van der Waals surface area contributed by atoms with E-state index in [1.807, 2.05) is 18.2 Å². The smallest absolute Gasteiger partial charge is 0.225 e. The second kappa shape index (κ2) is 9.63. The number of thiazole rings is 1. The molecule has 0 unspecified atom stereocenters. The van der Waals surface area contributed by atoms with E-state index in [0.717, 1.165) is 53.4 Å². The highest BCUT2D eigenvalue weighted by Crippen LogP contribution is 2.27. The second-order valence-corrected chi connectivity index (χ2v) is 9.19. The number of aliphatic hydroxyl groups is 1. The van der Waals surface area contributed by atoms with Crippen LogP contribution in [-0.4, -0.2) is 43.7 Å². The van der Waals surface area contributed by atoms with Crippen LogP contribution in [0.2, 0.25) is 0 Å². The molecule has 8 nitrogen and oxygen atoms in total. The zero-order valence-corrected chi connectivity index (χ0v) is 18.2. The first kappa shape index (κ1) is 20.9. The summed E-state index contributed by atoms with van der Waals surface area (Å²) in [5, 5.41) is 20.8. The Balaban J connectivity index is 1.52. The summed E-state index contributed by atoms with van der Waals surface area (Å²) >= 11 is 1.50. The maximum absolute atomic E-state index is 9.76. The molecule has 4 rings (SSSR count). The third kappa shape index (κ3) is 5.62. The molecule has 0 spiro atoms. The Morgan fingerprint density at radius 2 is 2.00 bits per heavy atom. The van der Waals surface area contributed by atoms with E-state index in [0.29, 0.717) is 24.2 Å². The van der Waals surface area contributed by atoms with Crippen LogP contribution in [0.1, 0.15) is 45.2 Å². The molecule has 0 atom stereocenters. The minimum atomic E-state index is -0.180. The number of anilines is 3. The fourth-order valence-corrected chi connectivity index (χ4v) is 4.36. The predicted octanol–water partition coefficient (Wildman–Crippen LogP) is 3.69. The van der Waals surface area contributed by atoms with Crippen molar-refractivity contribution in [3.05, 3.63) is 30.1 Å². The molecule has 4 N–H and O–H groups in total. The molecule has 1 fully saturated rings. The van der Waals surface area contributed by atoms with E-state index in [-0.39, 0.29) is 12.1 Å². The molecule has 30 heavy (non-hydrogen) atoms. The van der Waals surface area contributed by atoms with Crippen molar-refractivity contribution in [1.82, 2.24) is 25.3 Å². The van der Waals surface area contributed by atoms with Crippen molar-refractivity contribution in [2.45, 2.75) is 58.2 Å². The first-order valence-corrected chi connectivity index (χ1v) is 11.4. The number of rotatable bonds is 8. The van der Waals surface area contributed by atoms with E-state index in [9.17, 15) is 5.11 Å². The lowest BCUT2D eigenvalue weighted by atomic mass is 9.93. The third-order valence-corrected chi connectivity index (χ3v) is 5.96. The number of hydrogen-bond acceptors (Lipinski definition) is 9. The number of nitrogens with one attached hydrogen (secondary N) is 3. The van der Waals surface area contributed by atoms with Gasteiger partial charge in [0.15, 0.2) is 5.13 Å². The first-order valence-electron chi connectivity index (χ1n) is 10.6. The van der Waals surface area contributed by atoms with Crippen molar-refractivity contribution >= 4 is 38.6 Å². The summed E-state index contributed by atoms with van der Waals surface area (Å²) in [5.74, 6) is 1.90. The summed E-state index contributed by atoms with van der Waals surface area (Å²) in [4.78, 5) is 19.2. The topological polar surface area (TPSA) is 108 Å². The average Bonchev–Trinajstić information content (AvgIpc) is 3.11. The van der Waals surface area contributed by atoms with Crippen molar-refractivity contribution in [1.29, 1.82) is 0 Å². The summed E-state index contributed by atoms with van der Waals surface area (Å²) in [6, 6.07) is 6.09. The van der Waals surface area contributed by atoms with E-state index in [1.165, 1.54) is 11.3 Å². The van der Waals surface area contributed by atoms with Crippen molar-refractivity contribution < 1.29 is 5.11 Å². The molecule has 0 aromatic carbocycles. The van der Waals surface area contributed by atoms with Crippen molar-refractivity contribution in [3.63, 3.8) is 0 Å². The van der Waals surface area contributed by atoms with E-state index in [1.54, 1.807) is 6.20 Å². The van der Waals surface area contributed by atoms with Crippen molar-refractivity contribution in [3.8, 4) is 0 Å². The van der Waals surface area contributed by atoms with Crippen LogP contribution in [0.4, 0.5) is 16.9 Å². The van der Waals surface area contributed by atoms with E-state index < -0.39 is 0 Å². The Hall–Kier alpha value is -2.36. The van der Waals surface area contributed by atoms with Gasteiger partial charge in [0.25, 0.3) is 0 Å². The maximum atomic E-state index is 9.76. The lowest BCUT2D eigenvalue weighted by molar-refractivity contribution is 0.126. The Morgan fingerprint density at radius 1 is 1.17 bits per heavy atom. The molecule has 0 saturated heterocycles. The van der Waals surface area contributed by atoms with Gasteiger partial charge in [0.1, 0.15) is 16.2 Å². The zero-order chi connectivity index (χ0) is 20.9. The van der Waals surface area contributed by atoms with Gasteiger partial charge in [0.2, 0.25) is 5.95 Å². The van der Waals surface area contributed by atoms with Gasteiger partial charge in [-0.3, -0.25) is 0 Å². The fraction of sp³-hybridized carbons (Fsp3) is 0.524. The SMILES string of the molecule is CC(C)CNCc1cc(Nc2nc3cccnc3s2)nc(NC2CCC(O)CC2)n1. The summed E-state index contributed by atoms with van der Waals surface area (Å²) in [6.45, 7) is 5.98. The predicted molar refractivity (Wildman–Crippen MR) is 121 cm³/mol. The Kier molecular flexibility index (Phi) is 6.71. The van der Waals surface area contributed by atoms with Crippen LogP contribution in [0.15, 0.2) is 24.4 Å². The molecule has 0 bridgehead atoms. The van der Waals surface area contributed by atoms with Gasteiger partial charge < -0.3 is 21.1 Å². The minimum absolute atomic E-state index is 0.180. The van der Waals surface area contributed by atoms with Gasteiger partial charge in [0, 0.05) is 24.8 Å². The molecule has 1 saturated carbocycles. The van der Waals surface area contributed by atoms with Gasteiger partial charge in [0.05, 0.1) is 11.8 Å². The standard InChI is InChI=1S/C21H29N7OS/c1-13(2)11-22-12-15-10-18(28-21-26-17-4-3-9-23-19(17)30-21)27-20(25-15)24-14-5-7-16(29)8-6-14/h3-4,9-10,13-14,16,22,29H,5-8,11-12H2,1-2H3,(H2,24,25,26,27,28). The molecular weight excluding hydrogens is 398 g/mol. The Morgan fingerprint density at radius 3 is 2.77 bits per heavy atom. The van der Waals surface area contributed by atoms with Crippen LogP contribution in [0.25, 0.3) is 10.3 Å². The molecule has 1 aliphatic carbocycles. The number of fused-ring (bicyclic) bond motifs is 1. The van der Waals surface area contributed by atoms with Crippen LogP contribution in [0, 0.1) is 5.92 Å².